The Balaban J connectivity index is 1.82. The number of carbonyl (C=O) groups excluding carboxylic acids is 2. The third kappa shape index (κ3) is 6.04. The molecule has 2 aliphatic rings. The van der Waals surface area contributed by atoms with E-state index in [4.69, 9.17) is 15.2 Å². The van der Waals surface area contributed by atoms with E-state index in [-0.39, 0.29) is 18.0 Å². The number of piperidine rings is 1. The van der Waals surface area contributed by atoms with Gasteiger partial charge in [-0.1, -0.05) is 0 Å². The van der Waals surface area contributed by atoms with Crippen molar-refractivity contribution in [2.45, 2.75) is 84.8 Å². The molecule has 8 nitrogen and oxygen atoms in total. The lowest BCUT2D eigenvalue weighted by molar-refractivity contribution is -0.156. The molecular formula is C24H38N4O4. The molecule has 1 saturated heterocycles. The molecule has 0 spiro atoms. The van der Waals surface area contributed by atoms with Crippen molar-refractivity contribution >= 4 is 29.3 Å². The molecule has 2 aliphatic heterocycles. The molecule has 0 bridgehead atoms. The lowest BCUT2D eigenvalue weighted by atomic mass is 9.93. The SMILES string of the molecule is CC(C)(C)OC(=O)C[C@H]1CCCN(c2c(N)cnc3c2CCCN3C(=O)OC(C)(C)C)C1. The van der Waals surface area contributed by atoms with Gasteiger partial charge in [-0.3, -0.25) is 9.69 Å². The van der Waals surface area contributed by atoms with Gasteiger partial charge >= 0.3 is 12.1 Å². The van der Waals surface area contributed by atoms with Crippen LogP contribution in [0.2, 0.25) is 0 Å². The van der Waals surface area contributed by atoms with Crippen molar-refractivity contribution < 1.29 is 19.1 Å². The van der Waals surface area contributed by atoms with Crippen LogP contribution in [0.4, 0.5) is 22.0 Å². The van der Waals surface area contributed by atoms with Crippen LogP contribution in [0.5, 0.6) is 0 Å². The lowest BCUT2D eigenvalue weighted by Gasteiger charge is -2.38. The third-order valence-corrected chi connectivity index (χ3v) is 5.54. The quantitative estimate of drug-likeness (QED) is 0.691. The van der Waals surface area contributed by atoms with E-state index in [0.29, 0.717) is 24.5 Å². The Bertz CT molecular complexity index is 857. The Labute approximate surface area is 191 Å². The largest absolute Gasteiger partial charge is 0.460 e. The van der Waals surface area contributed by atoms with Crippen molar-refractivity contribution in [3.8, 4) is 0 Å². The number of rotatable bonds is 3. The van der Waals surface area contributed by atoms with E-state index < -0.39 is 11.2 Å². The van der Waals surface area contributed by atoms with Crippen LogP contribution in [-0.2, 0) is 20.7 Å². The molecule has 0 radical (unpaired) electrons. The van der Waals surface area contributed by atoms with E-state index in [1.807, 2.05) is 41.5 Å². The topological polar surface area (TPSA) is 98.0 Å². The molecule has 1 fully saturated rings. The number of esters is 1. The van der Waals surface area contributed by atoms with E-state index in [2.05, 4.69) is 9.88 Å². The van der Waals surface area contributed by atoms with E-state index >= 15 is 0 Å². The maximum absolute atomic E-state index is 12.8. The summed E-state index contributed by atoms with van der Waals surface area (Å²) in [5, 5.41) is 0. The fourth-order valence-electron chi connectivity index (χ4n) is 4.45. The van der Waals surface area contributed by atoms with Gasteiger partial charge in [-0.15, -0.1) is 0 Å². The minimum absolute atomic E-state index is 0.162. The van der Waals surface area contributed by atoms with Crippen LogP contribution in [0.3, 0.4) is 0 Å². The molecular weight excluding hydrogens is 408 g/mol. The molecule has 32 heavy (non-hydrogen) atoms. The van der Waals surface area contributed by atoms with Gasteiger partial charge < -0.3 is 20.1 Å². The average Bonchev–Trinajstić information content (AvgIpc) is 2.64. The number of hydrogen-bond donors (Lipinski definition) is 1. The van der Waals surface area contributed by atoms with E-state index in [1.54, 1.807) is 11.1 Å². The standard InChI is InChI=1S/C24H38N4O4/c1-23(2,3)31-19(29)13-16-9-7-11-27(15-16)20-17-10-8-12-28(21(17)26-14-18(20)25)22(30)32-24(4,5)6/h14,16H,7-13,15,25H2,1-6H3/t16-/m1/s1. The number of aromatic nitrogens is 1. The number of carbonyl (C=O) groups is 2. The van der Waals surface area contributed by atoms with Crippen LogP contribution in [0, 0.1) is 5.92 Å². The van der Waals surface area contributed by atoms with Gasteiger partial charge in [0.25, 0.3) is 0 Å². The summed E-state index contributed by atoms with van der Waals surface area (Å²) in [5.41, 5.74) is 7.87. The van der Waals surface area contributed by atoms with Gasteiger partial charge in [-0.05, 0) is 73.1 Å². The smallest absolute Gasteiger partial charge is 0.416 e. The Morgan fingerprint density at radius 1 is 1.09 bits per heavy atom. The van der Waals surface area contributed by atoms with Crippen LogP contribution in [0.15, 0.2) is 6.20 Å². The fraction of sp³-hybridized carbons (Fsp3) is 0.708. The molecule has 178 valence electrons. The van der Waals surface area contributed by atoms with Gasteiger partial charge in [0.2, 0.25) is 0 Å². The van der Waals surface area contributed by atoms with Crippen LogP contribution >= 0.6 is 0 Å². The molecule has 8 heteroatoms. The van der Waals surface area contributed by atoms with E-state index in [9.17, 15) is 9.59 Å². The molecule has 0 aromatic carbocycles. The van der Waals surface area contributed by atoms with Crippen LogP contribution in [-0.4, -0.2) is 47.9 Å². The average molecular weight is 447 g/mol. The number of amides is 1. The predicted octanol–water partition coefficient (Wildman–Crippen LogP) is 4.30. The van der Waals surface area contributed by atoms with Crippen molar-refractivity contribution in [3.63, 3.8) is 0 Å². The van der Waals surface area contributed by atoms with Gasteiger partial charge in [0.05, 0.1) is 24.0 Å². The van der Waals surface area contributed by atoms with E-state index in [1.165, 1.54) is 0 Å². The molecule has 3 rings (SSSR count). The van der Waals surface area contributed by atoms with Crippen molar-refractivity contribution in [1.29, 1.82) is 0 Å². The van der Waals surface area contributed by atoms with Gasteiger partial charge in [0, 0.05) is 25.2 Å². The first-order chi connectivity index (χ1) is 14.8. The Morgan fingerprint density at radius 2 is 1.78 bits per heavy atom. The summed E-state index contributed by atoms with van der Waals surface area (Å²) in [6.07, 6.45) is 5.21. The summed E-state index contributed by atoms with van der Waals surface area (Å²) in [7, 11) is 0. The van der Waals surface area contributed by atoms with Crippen molar-refractivity contribution in [2.75, 3.05) is 35.2 Å². The van der Waals surface area contributed by atoms with Gasteiger partial charge in [0.1, 0.15) is 17.0 Å². The first-order valence-corrected chi connectivity index (χ1v) is 11.6. The third-order valence-electron chi connectivity index (χ3n) is 5.54. The molecule has 0 unspecified atom stereocenters. The number of nitrogens with two attached hydrogens (primary N) is 1. The molecule has 3 heterocycles. The summed E-state index contributed by atoms with van der Waals surface area (Å²) in [4.78, 5) is 33.6. The second-order valence-electron chi connectivity index (χ2n) is 10.8. The Morgan fingerprint density at radius 3 is 2.44 bits per heavy atom. The highest BCUT2D eigenvalue weighted by Gasteiger charge is 2.33. The van der Waals surface area contributed by atoms with Crippen molar-refractivity contribution in [3.05, 3.63) is 11.8 Å². The molecule has 2 N–H and O–H groups in total. The summed E-state index contributed by atoms with van der Waals surface area (Å²) in [5.74, 6) is 0.668. The van der Waals surface area contributed by atoms with Crippen molar-refractivity contribution in [2.24, 2.45) is 5.92 Å². The highest BCUT2D eigenvalue weighted by molar-refractivity contribution is 5.91. The maximum Gasteiger partial charge on any atom is 0.416 e. The monoisotopic (exact) mass is 446 g/mol. The molecule has 1 amide bonds. The molecule has 1 aromatic rings. The number of pyridine rings is 1. The van der Waals surface area contributed by atoms with Gasteiger partial charge in [0.15, 0.2) is 0 Å². The number of hydrogen-bond acceptors (Lipinski definition) is 7. The zero-order chi connectivity index (χ0) is 23.7. The normalized spacial score (nSPS) is 19.4. The highest BCUT2D eigenvalue weighted by atomic mass is 16.6. The number of nitrogens with zero attached hydrogens (tertiary/aromatic N) is 3. The zero-order valence-electron chi connectivity index (χ0n) is 20.4. The Kier molecular flexibility index (Phi) is 6.91. The summed E-state index contributed by atoms with van der Waals surface area (Å²) >= 11 is 0. The summed E-state index contributed by atoms with van der Waals surface area (Å²) in [6, 6.07) is 0. The van der Waals surface area contributed by atoms with Gasteiger partial charge in [-0.25, -0.2) is 9.78 Å². The summed E-state index contributed by atoms with van der Waals surface area (Å²) in [6.45, 7) is 13.4. The Hall–Kier alpha value is -2.51. The number of fused-ring (bicyclic) bond motifs is 1. The first-order valence-electron chi connectivity index (χ1n) is 11.6. The lowest BCUT2D eigenvalue weighted by Crippen LogP contribution is -2.42. The fourth-order valence-corrected chi connectivity index (χ4v) is 4.45. The van der Waals surface area contributed by atoms with Crippen LogP contribution < -0.4 is 15.5 Å². The molecule has 0 aliphatic carbocycles. The maximum atomic E-state index is 12.8. The minimum Gasteiger partial charge on any atom is -0.460 e. The van der Waals surface area contributed by atoms with Crippen LogP contribution in [0.1, 0.15) is 72.8 Å². The van der Waals surface area contributed by atoms with E-state index in [0.717, 1.165) is 50.0 Å². The minimum atomic E-state index is -0.576. The first kappa shape index (κ1) is 24.1. The predicted molar refractivity (Wildman–Crippen MR) is 126 cm³/mol. The number of ether oxygens (including phenoxy) is 2. The summed E-state index contributed by atoms with van der Waals surface area (Å²) < 4.78 is 11.1. The highest BCUT2D eigenvalue weighted by Crippen LogP contribution is 2.39. The number of anilines is 3. The van der Waals surface area contributed by atoms with Gasteiger partial charge in [-0.2, -0.15) is 0 Å². The molecule has 1 atom stereocenters. The second kappa shape index (κ2) is 9.16. The van der Waals surface area contributed by atoms with Crippen LogP contribution in [0.25, 0.3) is 0 Å². The molecule has 1 aromatic heterocycles. The second-order valence-corrected chi connectivity index (χ2v) is 10.8. The molecule has 0 saturated carbocycles. The van der Waals surface area contributed by atoms with Crippen molar-refractivity contribution in [1.82, 2.24) is 4.98 Å². The zero-order valence-corrected chi connectivity index (χ0v) is 20.4. The number of nitrogen functional groups attached to an aromatic ring is 1.